The van der Waals surface area contributed by atoms with Gasteiger partial charge in [-0.25, -0.2) is 0 Å². The molecular weight excluding hydrogens is 519 g/mol. The fraction of sp³-hybridized carbons (Fsp3) is 0.458. The zero-order valence-corrected chi connectivity index (χ0v) is 21.7. The largest absolute Gasteiger partial charge is 0.497 e. The zero-order chi connectivity index (χ0) is 22.1. The van der Waals surface area contributed by atoms with E-state index in [1.54, 1.807) is 21.3 Å². The van der Waals surface area contributed by atoms with Crippen molar-refractivity contribution in [3.8, 4) is 17.2 Å². The number of guanidine groups is 1. The minimum atomic E-state index is 0. The third kappa shape index (κ3) is 7.36. The summed E-state index contributed by atoms with van der Waals surface area (Å²) in [6.45, 7) is 2.75. The van der Waals surface area contributed by atoms with E-state index in [1.807, 2.05) is 25.2 Å². The van der Waals surface area contributed by atoms with Gasteiger partial charge in [0, 0.05) is 56.6 Å². The highest BCUT2D eigenvalue weighted by molar-refractivity contribution is 14.0. The molecule has 32 heavy (non-hydrogen) atoms. The average Bonchev–Trinajstić information content (AvgIpc) is 3.29. The second kappa shape index (κ2) is 13.2. The van der Waals surface area contributed by atoms with Crippen LogP contribution in [0.3, 0.4) is 0 Å². The predicted octanol–water partition coefficient (Wildman–Crippen LogP) is 3.71. The van der Waals surface area contributed by atoms with Gasteiger partial charge in [0.05, 0.1) is 21.3 Å². The maximum absolute atomic E-state index is 5.41. The molecule has 0 radical (unpaired) electrons. The normalized spacial score (nSPS) is 15.7. The van der Waals surface area contributed by atoms with Gasteiger partial charge >= 0.3 is 0 Å². The number of benzene rings is 2. The summed E-state index contributed by atoms with van der Waals surface area (Å²) in [5.41, 5.74) is 2.42. The number of halogens is 1. The van der Waals surface area contributed by atoms with Crippen LogP contribution in [-0.2, 0) is 6.42 Å². The van der Waals surface area contributed by atoms with Crippen LogP contribution >= 0.6 is 24.0 Å². The van der Waals surface area contributed by atoms with Crippen molar-refractivity contribution in [2.45, 2.75) is 25.3 Å². The number of anilines is 1. The number of hydrogen-bond acceptors (Lipinski definition) is 5. The number of ether oxygens (including phenoxy) is 3. The highest BCUT2D eigenvalue weighted by Gasteiger charge is 2.24. The van der Waals surface area contributed by atoms with Crippen molar-refractivity contribution in [1.29, 1.82) is 0 Å². The SMILES string of the molecule is CN=C(NCCCc1ccc(OC)cc1)NC1CCN(c2cc(OC)cc(OC)c2)C1.I. The molecular formula is C24H35IN4O3. The molecule has 0 aromatic heterocycles. The summed E-state index contributed by atoms with van der Waals surface area (Å²) in [6, 6.07) is 14.6. The van der Waals surface area contributed by atoms with Crippen LogP contribution < -0.4 is 29.7 Å². The Labute approximate surface area is 208 Å². The lowest BCUT2D eigenvalue weighted by Gasteiger charge is -2.21. The van der Waals surface area contributed by atoms with Crippen LogP contribution in [0.15, 0.2) is 47.5 Å². The van der Waals surface area contributed by atoms with Gasteiger partial charge in [-0.2, -0.15) is 0 Å². The summed E-state index contributed by atoms with van der Waals surface area (Å²) < 4.78 is 16.0. The van der Waals surface area contributed by atoms with Gasteiger partial charge in [0.2, 0.25) is 0 Å². The van der Waals surface area contributed by atoms with Crippen molar-refractivity contribution in [3.63, 3.8) is 0 Å². The van der Waals surface area contributed by atoms with Gasteiger partial charge in [0.1, 0.15) is 17.2 Å². The van der Waals surface area contributed by atoms with Crippen molar-refractivity contribution in [3.05, 3.63) is 48.0 Å². The van der Waals surface area contributed by atoms with Gasteiger partial charge in [0.25, 0.3) is 0 Å². The summed E-state index contributed by atoms with van der Waals surface area (Å²) in [5, 5.41) is 6.99. The van der Waals surface area contributed by atoms with Crippen LogP contribution in [0.1, 0.15) is 18.4 Å². The number of hydrogen-bond donors (Lipinski definition) is 2. The molecule has 1 atom stereocenters. The van der Waals surface area contributed by atoms with E-state index < -0.39 is 0 Å². The Morgan fingerprint density at radius 2 is 1.66 bits per heavy atom. The molecule has 1 saturated heterocycles. The van der Waals surface area contributed by atoms with E-state index >= 15 is 0 Å². The quantitative estimate of drug-likeness (QED) is 0.213. The summed E-state index contributed by atoms with van der Waals surface area (Å²) in [6.07, 6.45) is 3.10. The Morgan fingerprint density at radius 3 is 2.25 bits per heavy atom. The Hall–Kier alpha value is -2.36. The van der Waals surface area contributed by atoms with Gasteiger partial charge in [-0.3, -0.25) is 4.99 Å². The summed E-state index contributed by atoms with van der Waals surface area (Å²) in [4.78, 5) is 6.74. The van der Waals surface area contributed by atoms with E-state index in [0.717, 1.165) is 67.8 Å². The minimum absolute atomic E-state index is 0. The van der Waals surface area contributed by atoms with Crippen molar-refractivity contribution in [1.82, 2.24) is 10.6 Å². The molecule has 176 valence electrons. The summed E-state index contributed by atoms with van der Waals surface area (Å²) in [7, 11) is 6.86. The topological polar surface area (TPSA) is 67.4 Å². The first-order valence-corrected chi connectivity index (χ1v) is 10.7. The molecule has 2 aromatic rings. The number of nitrogens with one attached hydrogen (secondary N) is 2. The van der Waals surface area contributed by atoms with E-state index in [9.17, 15) is 0 Å². The minimum Gasteiger partial charge on any atom is -0.497 e. The Morgan fingerprint density at radius 1 is 1.00 bits per heavy atom. The lowest BCUT2D eigenvalue weighted by Crippen LogP contribution is -2.44. The van der Waals surface area contributed by atoms with Crippen LogP contribution in [0.5, 0.6) is 17.2 Å². The van der Waals surface area contributed by atoms with E-state index in [4.69, 9.17) is 14.2 Å². The fourth-order valence-electron chi connectivity index (χ4n) is 3.77. The average molecular weight is 554 g/mol. The molecule has 0 saturated carbocycles. The van der Waals surface area contributed by atoms with E-state index in [-0.39, 0.29) is 24.0 Å². The standard InChI is InChI=1S/C24H34N4O3.HI/c1-25-24(26-12-5-6-18-7-9-21(29-2)10-8-18)27-19-11-13-28(17-19)20-14-22(30-3)16-23(15-20)31-4;/h7-10,14-16,19H,5-6,11-13,17H2,1-4H3,(H2,25,26,27);1H. The summed E-state index contributed by atoms with van der Waals surface area (Å²) in [5.74, 6) is 3.36. The Kier molecular flexibility index (Phi) is 10.7. The predicted molar refractivity (Wildman–Crippen MR) is 141 cm³/mol. The fourth-order valence-corrected chi connectivity index (χ4v) is 3.77. The summed E-state index contributed by atoms with van der Waals surface area (Å²) >= 11 is 0. The number of aliphatic imine (C=N–C) groups is 1. The van der Waals surface area contributed by atoms with E-state index in [1.165, 1.54) is 5.56 Å². The third-order valence-electron chi connectivity index (χ3n) is 5.55. The smallest absolute Gasteiger partial charge is 0.191 e. The van der Waals surface area contributed by atoms with Crippen LogP contribution in [0.2, 0.25) is 0 Å². The number of aryl methyl sites for hydroxylation is 1. The molecule has 1 unspecified atom stereocenters. The molecule has 1 fully saturated rings. The van der Waals surface area contributed by atoms with Crippen LogP contribution in [0.4, 0.5) is 5.69 Å². The maximum Gasteiger partial charge on any atom is 0.191 e. The number of rotatable bonds is 9. The first-order valence-electron chi connectivity index (χ1n) is 10.7. The molecule has 1 aliphatic rings. The number of nitrogens with zero attached hydrogens (tertiary/aromatic N) is 2. The monoisotopic (exact) mass is 554 g/mol. The van der Waals surface area contributed by atoms with Crippen molar-refractivity contribution >= 4 is 35.6 Å². The van der Waals surface area contributed by atoms with Crippen molar-refractivity contribution < 1.29 is 14.2 Å². The second-order valence-corrected chi connectivity index (χ2v) is 7.60. The van der Waals surface area contributed by atoms with Crippen LogP contribution in [0.25, 0.3) is 0 Å². The molecule has 2 aromatic carbocycles. The molecule has 2 N–H and O–H groups in total. The van der Waals surface area contributed by atoms with Gasteiger partial charge in [-0.05, 0) is 37.0 Å². The highest BCUT2D eigenvalue weighted by Crippen LogP contribution is 2.30. The molecule has 8 heteroatoms. The molecule has 1 heterocycles. The van der Waals surface area contributed by atoms with E-state index in [0.29, 0.717) is 6.04 Å². The van der Waals surface area contributed by atoms with Crippen LogP contribution in [-0.4, -0.2) is 60.0 Å². The molecule has 7 nitrogen and oxygen atoms in total. The molecule has 0 bridgehead atoms. The van der Waals surface area contributed by atoms with Gasteiger partial charge in [-0.15, -0.1) is 24.0 Å². The first kappa shape index (κ1) is 25.9. The molecule has 1 aliphatic heterocycles. The second-order valence-electron chi connectivity index (χ2n) is 7.60. The lowest BCUT2D eigenvalue weighted by molar-refractivity contribution is 0.394. The van der Waals surface area contributed by atoms with E-state index in [2.05, 4.69) is 44.8 Å². The Bertz CT molecular complexity index is 839. The molecule has 0 aliphatic carbocycles. The molecule has 3 rings (SSSR count). The van der Waals surface area contributed by atoms with Gasteiger partial charge in [0.15, 0.2) is 5.96 Å². The van der Waals surface area contributed by atoms with Crippen molar-refractivity contribution in [2.24, 2.45) is 4.99 Å². The zero-order valence-electron chi connectivity index (χ0n) is 19.4. The molecule has 0 spiro atoms. The van der Waals surface area contributed by atoms with Crippen LogP contribution in [0, 0.1) is 0 Å². The van der Waals surface area contributed by atoms with Gasteiger partial charge < -0.3 is 29.7 Å². The van der Waals surface area contributed by atoms with Gasteiger partial charge in [-0.1, -0.05) is 12.1 Å². The first-order chi connectivity index (χ1) is 15.1. The number of methoxy groups -OCH3 is 3. The maximum atomic E-state index is 5.41. The molecule has 0 amide bonds. The Balaban J connectivity index is 0.00000363. The highest BCUT2D eigenvalue weighted by atomic mass is 127. The third-order valence-corrected chi connectivity index (χ3v) is 5.55. The van der Waals surface area contributed by atoms with Crippen molar-refractivity contribution in [2.75, 3.05) is 52.9 Å². The lowest BCUT2D eigenvalue weighted by atomic mass is 10.1.